The molecule has 9 heavy (non-hydrogen) atoms. The molecule has 0 fully saturated rings. The minimum Gasteiger partial charge on any atom is -0.369 e. The molecule has 2 nitrogen and oxygen atoms in total. The maximum Gasteiger partial charge on any atom is 0.230 e. The van der Waals surface area contributed by atoms with Crippen LogP contribution < -0.4 is 5.73 Å². The summed E-state index contributed by atoms with van der Waals surface area (Å²) >= 11 is 3.93. The molecule has 0 aliphatic carbocycles. The lowest BCUT2D eigenvalue weighted by atomic mass is 10.3. The molecule has 0 rings (SSSR count). The first kappa shape index (κ1) is 8.56. The van der Waals surface area contributed by atoms with Gasteiger partial charge in [-0.15, -0.1) is 0 Å². The first-order valence-corrected chi connectivity index (χ1v) is 3.28. The molecule has 0 spiro atoms. The molecule has 0 saturated heterocycles. The van der Waals surface area contributed by atoms with Crippen LogP contribution in [0.4, 0.5) is 0 Å². The van der Waals surface area contributed by atoms with Gasteiger partial charge in [0, 0.05) is 0 Å². The van der Waals surface area contributed by atoms with Crippen LogP contribution >= 0.6 is 12.6 Å². The number of allylic oxidation sites excluding steroid dienone is 2. The molecule has 0 heterocycles. The van der Waals surface area contributed by atoms with Gasteiger partial charge >= 0.3 is 0 Å². The Morgan fingerprint density at radius 2 is 2.44 bits per heavy atom. The molecule has 3 heteroatoms. The lowest BCUT2D eigenvalue weighted by Gasteiger charge is -1.99. The first-order valence-electron chi connectivity index (χ1n) is 2.77. The Hall–Kier alpha value is -0.440. The standard InChI is InChI=1S/C6H11NOS/c1-2-3-4-5(9)6(7)8/h2-3,5,9H,4H2,1H3,(H2,7,8)/b3-2+. The van der Waals surface area contributed by atoms with E-state index < -0.39 is 0 Å². The summed E-state index contributed by atoms with van der Waals surface area (Å²) < 4.78 is 0. The van der Waals surface area contributed by atoms with Crippen LogP contribution in [-0.4, -0.2) is 11.2 Å². The van der Waals surface area contributed by atoms with E-state index in [0.29, 0.717) is 6.42 Å². The largest absolute Gasteiger partial charge is 0.369 e. The molecule has 0 aromatic heterocycles. The van der Waals surface area contributed by atoms with Gasteiger partial charge in [-0.25, -0.2) is 0 Å². The van der Waals surface area contributed by atoms with Crippen LogP contribution in [0.25, 0.3) is 0 Å². The molecule has 0 aromatic carbocycles. The van der Waals surface area contributed by atoms with E-state index in [4.69, 9.17) is 5.73 Å². The Bertz CT molecular complexity index is 122. The van der Waals surface area contributed by atoms with Crippen molar-refractivity contribution in [1.82, 2.24) is 0 Å². The predicted octanol–water partition coefficient (Wildman–Crippen LogP) is 0.736. The van der Waals surface area contributed by atoms with Crippen LogP contribution in [0.5, 0.6) is 0 Å². The third-order valence-corrected chi connectivity index (χ3v) is 1.39. The third-order valence-electron chi connectivity index (χ3n) is 0.923. The molecule has 0 saturated carbocycles. The smallest absolute Gasteiger partial charge is 0.230 e. The van der Waals surface area contributed by atoms with Gasteiger partial charge in [-0.2, -0.15) is 12.6 Å². The summed E-state index contributed by atoms with van der Waals surface area (Å²) in [4.78, 5) is 10.3. The van der Waals surface area contributed by atoms with Gasteiger partial charge in [0.1, 0.15) is 0 Å². The second-order valence-electron chi connectivity index (χ2n) is 1.72. The Kier molecular flexibility index (Phi) is 4.22. The molecule has 0 aromatic rings. The molecular formula is C6H11NOS. The summed E-state index contributed by atoms with van der Waals surface area (Å²) in [6.45, 7) is 1.89. The van der Waals surface area contributed by atoms with Gasteiger partial charge in [0.15, 0.2) is 0 Å². The molecule has 0 bridgehead atoms. The highest BCUT2D eigenvalue weighted by Crippen LogP contribution is 1.99. The Balaban J connectivity index is 3.50. The van der Waals surface area contributed by atoms with Crippen LogP contribution in [0, 0.1) is 0 Å². The topological polar surface area (TPSA) is 43.1 Å². The SMILES string of the molecule is C/C=C/CC(S)C(N)=O. The second kappa shape index (κ2) is 4.44. The van der Waals surface area contributed by atoms with Gasteiger partial charge in [-0.3, -0.25) is 4.79 Å². The van der Waals surface area contributed by atoms with E-state index in [1.54, 1.807) is 0 Å². The van der Waals surface area contributed by atoms with Crippen LogP contribution in [-0.2, 0) is 4.79 Å². The maximum atomic E-state index is 10.3. The van der Waals surface area contributed by atoms with E-state index in [1.165, 1.54) is 0 Å². The van der Waals surface area contributed by atoms with E-state index in [-0.39, 0.29) is 11.2 Å². The van der Waals surface area contributed by atoms with Crippen molar-refractivity contribution in [3.63, 3.8) is 0 Å². The number of hydrogen-bond acceptors (Lipinski definition) is 2. The van der Waals surface area contributed by atoms with Crippen molar-refractivity contribution >= 4 is 18.5 Å². The van der Waals surface area contributed by atoms with Crippen LogP contribution in [0.1, 0.15) is 13.3 Å². The maximum absolute atomic E-state index is 10.3. The van der Waals surface area contributed by atoms with Crippen LogP contribution in [0.3, 0.4) is 0 Å². The van der Waals surface area contributed by atoms with E-state index in [2.05, 4.69) is 12.6 Å². The van der Waals surface area contributed by atoms with Crippen molar-refractivity contribution in [2.24, 2.45) is 5.73 Å². The molecule has 0 aliphatic rings. The quantitative estimate of drug-likeness (QED) is 0.446. The van der Waals surface area contributed by atoms with Crippen molar-refractivity contribution in [2.75, 3.05) is 0 Å². The zero-order valence-corrected chi connectivity index (χ0v) is 6.27. The van der Waals surface area contributed by atoms with E-state index in [0.717, 1.165) is 0 Å². The molecule has 1 amide bonds. The monoisotopic (exact) mass is 145 g/mol. The van der Waals surface area contributed by atoms with E-state index >= 15 is 0 Å². The fraction of sp³-hybridized carbons (Fsp3) is 0.500. The van der Waals surface area contributed by atoms with E-state index in [9.17, 15) is 4.79 Å². The van der Waals surface area contributed by atoms with Crippen molar-refractivity contribution in [2.45, 2.75) is 18.6 Å². The third kappa shape index (κ3) is 4.09. The summed E-state index contributed by atoms with van der Waals surface area (Å²) in [6.07, 6.45) is 4.35. The van der Waals surface area contributed by atoms with E-state index in [1.807, 2.05) is 19.1 Å². The van der Waals surface area contributed by atoms with Crippen molar-refractivity contribution in [3.8, 4) is 0 Å². The molecule has 2 N–H and O–H groups in total. The van der Waals surface area contributed by atoms with Crippen molar-refractivity contribution in [3.05, 3.63) is 12.2 Å². The molecule has 52 valence electrons. The van der Waals surface area contributed by atoms with Crippen LogP contribution in [0.15, 0.2) is 12.2 Å². The summed E-state index contributed by atoms with van der Waals surface area (Å²) in [5.74, 6) is -0.364. The van der Waals surface area contributed by atoms with Crippen molar-refractivity contribution in [1.29, 1.82) is 0 Å². The first-order chi connectivity index (χ1) is 4.18. The zero-order chi connectivity index (χ0) is 7.28. The van der Waals surface area contributed by atoms with Gasteiger partial charge in [-0.05, 0) is 13.3 Å². The normalized spacial score (nSPS) is 14.0. The molecule has 0 radical (unpaired) electrons. The number of rotatable bonds is 3. The average Bonchev–Trinajstić information content (AvgIpc) is 1.82. The molecular weight excluding hydrogens is 134 g/mol. The van der Waals surface area contributed by atoms with Crippen LogP contribution in [0.2, 0.25) is 0 Å². The van der Waals surface area contributed by atoms with Gasteiger partial charge in [0.05, 0.1) is 5.25 Å². The number of nitrogens with two attached hydrogens (primary N) is 1. The summed E-state index contributed by atoms with van der Waals surface area (Å²) in [5, 5.41) is -0.332. The zero-order valence-electron chi connectivity index (χ0n) is 5.37. The number of primary amides is 1. The average molecular weight is 145 g/mol. The summed E-state index contributed by atoms with van der Waals surface area (Å²) in [5.41, 5.74) is 4.93. The van der Waals surface area contributed by atoms with Gasteiger partial charge < -0.3 is 5.73 Å². The highest BCUT2D eigenvalue weighted by molar-refractivity contribution is 7.81. The number of hydrogen-bond donors (Lipinski definition) is 2. The van der Waals surface area contributed by atoms with Gasteiger partial charge in [-0.1, -0.05) is 12.2 Å². The minimum atomic E-state index is -0.364. The fourth-order valence-electron chi connectivity index (χ4n) is 0.381. The molecule has 0 aliphatic heterocycles. The van der Waals surface area contributed by atoms with Crippen molar-refractivity contribution < 1.29 is 4.79 Å². The van der Waals surface area contributed by atoms with Gasteiger partial charge in [0.25, 0.3) is 0 Å². The second-order valence-corrected chi connectivity index (χ2v) is 2.35. The number of carbonyl (C=O) groups excluding carboxylic acids is 1. The Morgan fingerprint density at radius 1 is 1.89 bits per heavy atom. The molecule has 1 atom stereocenters. The Morgan fingerprint density at radius 3 is 2.78 bits per heavy atom. The number of thiol groups is 1. The number of carbonyl (C=O) groups is 1. The lowest BCUT2D eigenvalue weighted by molar-refractivity contribution is -0.117. The minimum absolute atomic E-state index is 0.332. The fourth-order valence-corrected chi connectivity index (χ4v) is 0.503. The predicted molar refractivity (Wildman–Crippen MR) is 41.4 cm³/mol. The number of amides is 1. The lowest BCUT2D eigenvalue weighted by Crippen LogP contribution is -2.22. The van der Waals surface area contributed by atoms with Gasteiger partial charge in [0.2, 0.25) is 5.91 Å². The Labute approximate surface area is 60.5 Å². The highest BCUT2D eigenvalue weighted by Gasteiger charge is 2.05. The summed E-state index contributed by atoms with van der Waals surface area (Å²) in [6, 6.07) is 0. The summed E-state index contributed by atoms with van der Waals surface area (Å²) in [7, 11) is 0. The molecule has 1 unspecified atom stereocenters. The highest BCUT2D eigenvalue weighted by atomic mass is 32.1.